The summed E-state index contributed by atoms with van der Waals surface area (Å²) in [6.07, 6.45) is 4.52. The van der Waals surface area contributed by atoms with E-state index >= 15 is 0 Å². The Balaban J connectivity index is 1.91. The average Bonchev–Trinajstić information content (AvgIpc) is 3.13. The van der Waals surface area contributed by atoms with Crippen LogP contribution in [0.25, 0.3) is 11.3 Å². The van der Waals surface area contributed by atoms with Gasteiger partial charge in [0.15, 0.2) is 0 Å². The topological polar surface area (TPSA) is 29.9 Å². The molecule has 3 nitrogen and oxygen atoms in total. The lowest BCUT2D eigenvalue weighted by Gasteiger charge is -2.05. The van der Waals surface area contributed by atoms with Gasteiger partial charge in [0.05, 0.1) is 5.69 Å². The highest BCUT2D eigenvalue weighted by molar-refractivity contribution is 5.63. The molecule has 100 valence electrons. The zero-order chi connectivity index (χ0) is 13.4. The Bertz CT molecular complexity index is 599. The summed E-state index contributed by atoms with van der Waals surface area (Å²) >= 11 is 0. The van der Waals surface area contributed by atoms with Crippen LogP contribution in [0.1, 0.15) is 24.0 Å². The van der Waals surface area contributed by atoms with Crippen molar-refractivity contribution in [1.82, 2.24) is 15.1 Å². The smallest absolute Gasteiger partial charge is 0.126 e. The molecule has 1 heterocycles. The second kappa shape index (κ2) is 4.78. The fraction of sp³-hybridized carbons (Fsp3) is 0.400. The van der Waals surface area contributed by atoms with Crippen LogP contribution in [0.3, 0.4) is 0 Å². The summed E-state index contributed by atoms with van der Waals surface area (Å²) in [5.74, 6) is -0.177. The van der Waals surface area contributed by atoms with Gasteiger partial charge in [-0.3, -0.25) is 4.68 Å². The fourth-order valence-electron chi connectivity index (χ4n) is 2.19. The van der Waals surface area contributed by atoms with Gasteiger partial charge in [-0.15, -0.1) is 0 Å². The van der Waals surface area contributed by atoms with Gasteiger partial charge < -0.3 is 5.32 Å². The maximum atomic E-state index is 13.7. The molecule has 4 heteroatoms. The number of hydrogen-bond donors (Lipinski definition) is 1. The monoisotopic (exact) mass is 259 g/mol. The van der Waals surface area contributed by atoms with Crippen LogP contribution >= 0.6 is 0 Å². The van der Waals surface area contributed by atoms with E-state index in [0.29, 0.717) is 11.6 Å². The lowest BCUT2D eigenvalue weighted by atomic mass is 10.1. The second-order valence-electron chi connectivity index (χ2n) is 5.30. The normalized spacial score (nSPS) is 14.9. The summed E-state index contributed by atoms with van der Waals surface area (Å²) < 4.78 is 15.5. The van der Waals surface area contributed by atoms with Crippen molar-refractivity contribution < 1.29 is 4.39 Å². The molecule has 1 aromatic carbocycles. The van der Waals surface area contributed by atoms with E-state index in [0.717, 1.165) is 23.4 Å². The highest BCUT2D eigenvalue weighted by Crippen LogP contribution is 2.25. The van der Waals surface area contributed by atoms with Gasteiger partial charge in [-0.1, -0.05) is 12.1 Å². The van der Waals surface area contributed by atoms with Gasteiger partial charge in [0.1, 0.15) is 5.82 Å². The molecule has 0 bridgehead atoms. The first kappa shape index (κ1) is 12.4. The van der Waals surface area contributed by atoms with Gasteiger partial charge >= 0.3 is 0 Å². The van der Waals surface area contributed by atoms with Crippen molar-refractivity contribution in [3.05, 3.63) is 41.3 Å². The first-order valence-electron chi connectivity index (χ1n) is 6.66. The molecule has 0 amide bonds. The van der Waals surface area contributed by atoms with Crippen molar-refractivity contribution in [2.45, 2.75) is 32.4 Å². The van der Waals surface area contributed by atoms with Crippen molar-refractivity contribution >= 4 is 0 Å². The van der Waals surface area contributed by atoms with Crippen LogP contribution in [0.15, 0.2) is 24.4 Å². The molecule has 19 heavy (non-hydrogen) atoms. The quantitative estimate of drug-likeness (QED) is 0.915. The summed E-state index contributed by atoms with van der Waals surface area (Å²) in [4.78, 5) is 0. The standard InChI is InChI=1S/C15H18FN3/c1-10-3-4-11(7-14(10)16)15-12(9-19(2)18-15)8-17-13-5-6-13/h3-4,7,9,13,17H,5-6,8H2,1-2H3. The number of benzene rings is 1. The van der Waals surface area contributed by atoms with E-state index in [1.54, 1.807) is 23.7 Å². The molecule has 0 atom stereocenters. The Morgan fingerprint density at radius 3 is 2.89 bits per heavy atom. The SMILES string of the molecule is Cc1ccc(-c2nn(C)cc2CNC2CC2)cc1F. The van der Waals surface area contributed by atoms with E-state index in [1.165, 1.54) is 12.8 Å². The number of nitrogens with one attached hydrogen (secondary N) is 1. The van der Waals surface area contributed by atoms with E-state index in [1.807, 2.05) is 19.3 Å². The molecule has 2 aromatic rings. The van der Waals surface area contributed by atoms with Gasteiger partial charge in [0.25, 0.3) is 0 Å². The van der Waals surface area contributed by atoms with Crippen LogP contribution in [0.4, 0.5) is 4.39 Å². The van der Waals surface area contributed by atoms with E-state index < -0.39 is 0 Å². The largest absolute Gasteiger partial charge is 0.310 e. The molecule has 1 aliphatic carbocycles. The Kier molecular flexibility index (Phi) is 3.11. The molecule has 3 rings (SSSR count). The summed E-state index contributed by atoms with van der Waals surface area (Å²) in [5.41, 5.74) is 3.50. The fourth-order valence-corrected chi connectivity index (χ4v) is 2.19. The summed E-state index contributed by atoms with van der Waals surface area (Å²) in [6, 6.07) is 5.96. The molecular formula is C15H18FN3. The first-order chi connectivity index (χ1) is 9.13. The van der Waals surface area contributed by atoms with Crippen molar-refractivity contribution in [3.8, 4) is 11.3 Å². The van der Waals surface area contributed by atoms with E-state index in [9.17, 15) is 4.39 Å². The zero-order valence-electron chi connectivity index (χ0n) is 11.3. The third-order valence-corrected chi connectivity index (χ3v) is 3.51. The number of nitrogens with zero attached hydrogens (tertiary/aromatic N) is 2. The highest BCUT2D eigenvalue weighted by Gasteiger charge is 2.21. The van der Waals surface area contributed by atoms with Crippen molar-refractivity contribution in [2.75, 3.05) is 0 Å². The Hall–Kier alpha value is -1.68. The summed E-state index contributed by atoms with van der Waals surface area (Å²) in [7, 11) is 1.90. The number of aromatic nitrogens is 2. The maximum absolute atomic E-state index is 13.7. The Morgan fingerprint density at radius 1 is 1.42 bits per heavy atom. The van der Waals surface area contributed by atoms with Crippen LogP contribution in [0.5, 0.6) is 0 Å². The molecular weight excluding hydrogens is 241 g/mol. The third kappa shape index (κ3) is 2.68. The van der Waals surface area contributed by atoms with Crippen molar-refractivity contribution in [1.29, 1.82) is 0 Å². The minimum atomic E-state index is -0.177. The predicted octanol–water partition coefficient (Wildman–Crippen LogP) is 2.79. The molecule has 1 fully saturated rings. The second-order valence-corrected chi connectivity index (χ2v) is 5.30. The molecule has 1 saturated carbocycles. The molecule has 0 aliphatic heterocycles. The average molecular weight is 259 g/mol. The minimum Gasteiger partial charge on any atom is -0.310 e. The van der Waals surface area contributed by atoms with Crippen LogP contribution in [-0.4, -0.2) is 15.8 Å². The van der Waals surface area contributed by atoms with Gasteiger partial charge in [0, 0.05) is 37.0 Å². The first-order valence-corrected chi connectivity index (χ1v) is 6.66. The van der Waals surface area contributed by atoms with Crippen LogP contribution in [0.2, 0.25) is 0 Å². The molecule has 0 unspecified atom stereocenters. The van der Waals surface area contributed by atoms with Gasteiger partial charge in [-0.05, 0) is 31.4 Å². The molecule has 0 saturated heterocycles. The van der Waals surface area contributed by atoms with E-state index in [-0.39, 0.29) is 5.82 Å². The lowest BCUT2D eigenvalue weighted by molar-refractivity contribution is 0.619. The minimum absolute atomic E-state index is 0.177. The van der Waals surface area contributed by atoms with Crippen LogP contribution < -0.4 is 5.32 Å². The van der Waals surface area contributed by atoms with Gasteiger partial charge in [0.2, 0.25) is 0 Å². The lowest BCUT2D eigenvalue weighted by Crippen LogP contribution is -2.15. The number of rotatable bonds is 4. The zero-order valence-corrected chi connectivity index (χ0v) is 11.3. The number of aryl methyl sites for hydroxylation is 2. The Labute approximate surface area is 112 Å². The highest BCUT2D eigenvalue weighted by atomic mass is 19.1. The predicted molar refractivity (Wildman–Crippen MR) is 73.2 cm³/mol. The van der Waals surface area contributed by atoms with Crippen LogP contribution in [-0.2, 0) is 13.6 Å². The summed E-state index contributed by atoms with van der Waals surface area (Å²) in [5, 5.41) is 7.94. The molecule has 0 radical (unpaired) electrons. The Morgan fingerprint density at radius 2 is 2.21 bits per heavy atom. The molecule has 1 N–H and O–H groups in total. The maximum Gasteiger partial charge on any atom is 0.126 e. The van der Waals surface area contributed by atoms with E-state index in [4.69, 9.17) is 0 Å². The molecule has 1 aromatic heterocycles. The number of halogens is 1. The molecule has 0 spiro atoms. The van der Waals surface area contributed by atoms with Crippen molar-refractivity contribution in [2.24, 2.45) is 7.05 Å². The van der Waals surface area contributed by atoms with Crippen LogP contribution in [0, 0.1) is 12.7 Å². The van der Waals surface area contributed by atoms with Gasteiger partial charge in [-0.25, -0.2) is 4.39 Å². The summed E-state index contributed by atoms with van der Waals surface area (Å²) in [6.45, 7) is 2.57. The van der Waals surface area contributed by atoms with Crippen molar-refractivity contribution in [3.63, 3.8) is 0 Å². The molecule has 1 aliphatic rings. The number of hydrogen-bond acceptors (Lipinski definition) is 2. The third-order valence-electron chi connectivity index (χ3n) is 3.51. The van der Waals surface area contributed by atoms with Gasteiger partial charge in [-0.2, -0.15) is 5.10 Å². The van der Waals surface area contributed by atoms with E-state index in [2.05, 4.69) is 10.4 Å².